The summed E-state index contributed by atoms with van der Waals surface area (Å²) in [6, 6.07) is 14.3. The largest absolute Gasteiger partial charge is 0.366 e. The summed E-state index contributed by atoms with van der Waals surface area (Å²) in [5, 5.41) is -0.212. The number of rotatable bonds is 6. The zero-order valence-corrected chi connectivity index (χ0v) is 19.5. The molecule has 172 valence electrons. The summed E-state index contributed by atoms with van der Waals surface area (Å²) in [6.45, 7) is 4.25. The molecule has 6 heteroatoms. The number of hydrogen-bond donors (Lipinski definition) is 2. The summed E-state index contributed by atoms with van der Waals surface area (Å²) in [4.78, 5) is 12.3. The van der Waals surface area contributed by atoms with Gasteiger partial charge in [-0.05, 0) is 53.1 Å². The van der Waals surface area contributed by atoms with Crippen LogP contribution in [0.15, 0.2) is 48.5 Å². The lowest BCUT2D eigenvalue weighted by Gasteiger charge is -2.34. The predicted molar refractivity (Wildman–Crippen MR) is 129 cm³/mol. The van der Waals surface area contributed by atoms with Crippen molar-refractivity contribution in [1.29, 1.82) is 0 Å². The molecule has 0 spiro atoms. The van der Waals surface area contributed by atoms with E-state index in [-0.39, 0.29) is 27.6 Å². The minimum atomic E-state index is -0.792. The Kier molecular flexibility index (Phi) is 6.30. The molecule has 1 amide bonds. The van der Waals surface area contributed by atoms with Crippen molar-refractivity contribution in [2.45, 2.75) is 44.4 Å². The van der Waals surface area contributed by atoms with Crippen LogP contribution in [0.2, 0.25) is 5.02 Å². The van der Waals surface area contributed by atoms with Gasteiger partial charge in [-0.1, -0.05) is 68.3 Å². The molecule has 3 nitrogen and oxygen atoms in total. The van der Waals surface area contributed by atoms with Crippen LogP contribution in [0.25, 0.3) is 11.1 Å². The van der Waals surface area contributed by atoms with Crippen LogP contribution in [0.4, 0.5) is 8.78 Å². The maximum Gasteiger partial charge on any atom is 0.249 e. The highest BCUT2D eigenvalue weighted by atomic mass is 35.5. The molecule has 4 rings (SSSR count). The Morgan fingerprint density at radius 3 is 2.45 bits per heavy atom. The van der Waals surface area contributed by atoms with Gasteiger partial charge in [-0.15, -0.1) is 0 Å². The second-order valence-electron chi connectivity index (χ2n) is 8.82. The lowest BCUT2D eigenvalue weighted by Crippen LogP contribution is -2.38. The highest BCUT2D eigenvalue weighted by Gasteiger charge is 2.46. The molecule has 0 heterocycles. The fourth-order valence-corrected chi connectivity index (χ4v) is 5.62. The van der Waals surface area contributed by atoms with Crippen LogP contribution in [-0.2, 0) is 18.3 Å². The van der Waals surface area contributed by atoms with Crippen molar-refractivity contribution in [3.63, 3.8) is 0 Å². The molecule has 0 bridgehead atoms. The molecule has 1 aliphatic rings. The number of aryl methyl sites for hydroxylation is 1. The molecule has 0 saturated heterocycles. The number of nitrogens with two attached hydrogens (primary N) is 2. The highest BCUT2D eigenvalue weighted by molar-refractivity contribution is 6.34. The number of halogens is 3. The van der Waals surface area contributed by atoms with Crippen molar-refractivity contribution in [3.8, 4) is 11.1 Å². The van der Waals surface area contributed by atoms with Gasteiger partial charge in [-0.2, -0.15) is 0 Å². The number of carbonyl (C=O) groups is 1. The topological polar surface area (TPSA) is 69.1 Å². The summed E-state index contributed by atoms with van der Waals surface area (Å²) >= 11 is 6.51. The van der Waals surface area contributed by atoms with E-state index in [1.807, 2.05) is 44.2 Å². The van der Waals surface area contributed by atoms with Crippen molar-refractivity contribution in [1.82, 2.24) is 0 Å². The Hall–Kier alpha value is -2.76. The first-order valence-electron chi connectivity index (χ1n) is 11.1. The molecule has 1 aliphatic carbocycles. The van der Waals surface area contributed by atoms with Crippen LogP contribution in [0.1, 0.15) is 58.8 Å². The van der Waals surface area contributed by atoms with E-state index in [2.05, 4.69) is 0 Å². The molecule has 4 N–H and O–H groups in total. The first-order valence-corrected chi connectivity index (χ1v) is 11.5. The van der Waals surface area contributed by atoms with Crippen molar-refractivity contribution in [2.24, 2.45) is 11.5 Å². The third-order valence-corrected chi connectivity index (χ3v) is 7.45. The van der Waals surface area contributed by atoms with Gasteiger partial charge in [-0.3, -0.25) is 4.79 Å². The quantitative estimate of drug-likeness (QED) is 0.473. The molecule has 0 radical (unpaired) electrons. The van der Waals surface area contributed by atoms with Gasteiger partial charge < -0.3 is 11.5 Å². The standard InChI is InChI=1S/C27H27ClF2N2O/c1-3-7-16-10-11-19(26(32)33)22(25(16)30)23-21-15(2)27(14-31,18-8-5-4-6-9-18)13-17(21)12-20(29)24(23)28/h4-6,8-12,15H,3,7,13-14,31H2,1-2H3,(H2,32,33)/t15-,27+/m0/s1. The van der Waals surface area contributed by atoms with Crippen molar-refractivity contribution < 1.29 is 13.6 Å². The van der Waals surface area contributed by atoms with Crippen LogP contribution >= 0.6 is 11.6 Å². The normalized spacial score (nSPS) is 19.5. The molecular weight excluding hydrogens is 442 g/mol. The van der Waals surface area contributed by atoms with Gasteiger partial charge in [-0.25, -0.2) is 8.78 Å². The first-order chi connectivity index (χ1) is 15.8. The lowest BCUT2D eigenvalue weighted by atomic mass is 9.71. The lowest BCUT2D eigenvalue weighted by molar-refractivity contribution is 0.100. The average molecular weight is 469 g/mol. The zero-order valence-electron chi connectivity index (χ0n) is 18.7. The summed E-state index contributed by atoms with van der Waals surface area (Å²) in [7, 11) is 0. The summed E-state index contributed by atoms with van der Waals surface area (Å²) < 4.78 is 31.0. The molecule has 0 aromatic heterocycles. The minimum absolute atomic E-state index is 0.0146. The van der Waals surface area contributed by atoms with E-state index in [1.165, 1.54) is 12.1 Å². The van der Waals surface area contributed by atoms with Gasteiger partial charge in [0, 0.05) is 28.7 Å². The molecule has 3 aromatic rings. The van der Waals surface area contributed by atoms with Gasteiger partial charge >= 0.3 is 0 Å². The molecule has 0 fully saturated rings. The summed E-state index contributed by atoms with van der Waals surface area (Å²) in [5.74, 6) is -2.24. The SMILES string of the molecule is CCCc1ccc(C(N)=O)c(-c2c(Cl)c(F)cc3c2[C@H](C)[C@@](CN)(c2ccccc2)C3)c1F. The van der Waals surface area contributed by atoms with Crippen molar-refractivity contribution >= 4 is 17.5 Å². The number of fused-ring (bicyclic) bond motifs is 1. The van der Waals surface area contributed by atoms with Gasteiger partial charge in [0.05, 0.1) is 5.02 Å². The van der Waals surface area contributed by atoms with E-state index in [1.54, 1.807) is 6.07 Å². The monoisotopic (exact) mass is 468 g/mol. The fraction of sp³-hybridized carbons (Fsp3) is 0.296. The van der Waals surface area contributed by atoms with E-state index in [4.69, 9.17) is 23.1 Å². The molecular formula is C27H27ClF2N2O. The smallest absolute Gasteiger partial charge is 0.249 e. The first kappa shape index (κ1) is 23.4. The summed E-state index contributed by atoms with van der Waals surface area (Å²) in [6.07, 6.45) is 1.66. The minimum Gasteiger partial charge on any atom is -0.366 e. The fourth-order valence-electron chi connectivity index (χ4n) is 5.37. The van der Waals surface area contributed by atoms with E-state index in [0.717, 1.165) is 5.56 Å². The Morgan fingerprint density at radius 1 is 1.15 bits per heavy atom. The molecule has 0 saturated carbocycles. The zero-order chi connectivity index (χ0) is 23.9. The van der Waals surface area contributed by atoms with Gasteiger partial charge in [0.25, 0.3) is 0 Å². The Balaban J connectivity index is 2.05. The Labute approximate surface area is 197 Å². The van der Waals surface area contributed by atoms with Gasteiger partial charge in [0.2, 0.25) is 5.91 Å². The molecule has 2 atom stereocenters. The van der Waals surface area contributed by atoms with Gasteiger partial charge in [0.15, 0.2) is 0 Å². The number of amides is 1. The second-order valence-corrected chi connectivity index (χ2v) is 9.20. The predicted octanol–water partition coefficient (Wildman–Crippen LogP) is 5.89. The molecule has 0 aliphatic heterocycles. The number of benzene rings is 3. The third kappa shape index (κ3) is 3.64. The molecule has 3 aromatic carbocycles. The summed E-state index contributed by atoms with van der Waals surface area (Å²) in [5.41, 5.74) is 14.5. The van der Waals surface area contributed by atoms with Gasteiger partial charge in [0.1, 0.15) is 11.6 Å². The number of primary amides is 1. The third-order valence-electron chi connectivity index (χ3n) is 7.08. The van der Waals surface area contributed by atoms with Crippen LogP contribution in [0, 0.1) is 11.6 Å². The molecule has 0 unspecified atom stereocenters. The average Bonchev–Trinajstić information content (AvgIpc) is 3.09. The number of hydrogen-bond acceptors (Lipinski definition) is 2. The van der Waals surface area contributed by atoms with Crippen LogP contribution in [0.5, 0.6) is 0 Å². The Morgan fingerprint density at radius 2 is 1.85 bits per heavy atom. The van der Waals surface area contributed by atoms with Crippen LogP contribution in [-0.4, -0.2) is 12.5 Å². The van der Waals surface area contributed by atoms with Crippen molar-refractivity contribution in [3.05, 3.63) is 93.0 Å². The maximum absolute atomic E-state index is 15.9. The van der Waals surface area contributed by atoms with Crippen LogP contribution in [0.3, 0.4) is 0 Å². The Bertz CT molecular complexity index is 1230. The van der Waals surface area contributed by atoms with Crippen molar-refractivity contribution in [2.75, 3.05) is 6.54 Å². The highest BCUT2D eigenvalue weighted by Crippen LogP contribution is 2.54. The van der Waals surface area contributed by atoms with E-state index < -0.39 is 23.0 Å². The molecule has 33 heavy (non-hydrogen) atoms. The number of carbonyl (C=O) groups excluding carboxylic acids is 1. The van der Waals surface area contributed by atoms with E-state index >= 15 is 8.78 Å². The second kappa shape index (κ2) is 8.88. The van der Waals surface area contributed by atoms with E-state index in [9.17, 15) is 4.79 Å². The maximum atomic E-state index is 15.9. The van der Waals surface area contributed by atoms with E-state index in [0.29, 0.717) is 42.5 Å². The van der Waals surface area contributed by atoms with Crippen LogP contribution < -0.4 is 11.5 Å².